The van der Waals surface area contributed by atoms with Crippen LogP contribution in [0.4, 0.5) is 10.2 Å². The van der Waals surface area contributed by atoms with Crippen molar-refractivity contribution in [2.75, 3.05) is 12.8 Å². The van der Waals surface area contributed by atoms with E-state index < -0.39 is 0 Å². The third kappa shape index (κ3) is 3.24. The molecule has 0 bridgehead atoms. The van der Waals surface area contributed by atoms with Gasteiger partial charge in [0.25, 0.3) is 5.91 Å². The standard InChI is InChI=1S/C14H13ClFN3O/c1-19(8-9-4-2-3-5-11(9)16)14(20)10-6-12(15)18-13(17)7-10/h2-7H,8H2,1H3,(H2,17,18). The smallest absolute Gasteiger partial charge is 0.254 e. The van der Waals surface area contributed by atoms with Gasteiger partial charge in [0.15, 0.2) is 0 Å². The SMILES string of the molecule is CN(Cc1ccccc1F)C(=O)c1cc(N)nc(Cl)c1. The first-order valence-corrected chi connectivity index (χ1v) is 6.27. The van der Waals surface area contributed by atoms with Crippen LogP contribution in [-0.2, 0) is 6.54 Å². The summed E-state index contributed by atoms with van der Waals surface area (Å²) in [4.78, 5) is 17.4. The number of halogens is 2. The lowest BCUT2D eigenvalue weighted by molar-refractivity contribution is 0.0784. The highest BCUT2D eigenvalue weighted by Crippen LogP contribution is 2.16. The molecule has 2 rings (SSSR count). The summed E-state index contributed by atoms with van der Waals surface area (Å²) in [5.41, 5.74) is 6.31. The van der Waals surface area contributed by atoms with Crippen molar-refractivity contribution in [1.82, 2.24) is 9.88 Å². The molecule has 1 heterocycles. The molecule has 0 aliphatic carbocycles. The number of nitrogen functional groups attached to an aromatic ring is 1. The molecule has 0 unspecified atom stereocenters. The Kier molecular flexibility index (Phi) is 4.20. The lowest BCUT2D eigenvalue weighted by atomic mass is 10.2. The van der Waals surface area contributed by atoms with Crippen molar-refractivity contribution >= 4 is 23.3 Å². The van der Waals surface area contributed by atoms with E-state index in [0.717, 1.165) is 0 Å². The van der Waals surface area contributed by atoms with Crippen molar-refractivity contribution < 1.29 is 9.18 Å². The molecular weight excluding hydrogens is 281 g/mol. The zero-order valence-corrected chi connectivity index (χ0v) is 11.6. The fourth-order valence-electron chi connectivity index (χ4n) is 1.81. The maximum absolute atomic E-state index is 13.6. The lowest BCUT2D eigenvalue weighted by Crippen LogP contribution is -2.26. The molecule has 0 fully saturated rings. The van der Waals surface area contributed by atoms with Crippen LogP contribution in [0.5, 0.6) is 0 Å². The van der Waals surface area contributed by atoms with Crippen LogP contribution in [-0.4, -0.2) is 22.8 Å². The highest BCUT2D eigenvalue weighted by atomic mass is 35.5. The third-order valence-corrected chi connectivity index (χ3v) is 2.97. The minimum atomic E-state index is -0.348. The first kappa shape index (κ1) is 14.3. The van der Waals surface area contributed by atoms with Crippen molar-refractivity contribution in [1.29, 1.82) is 0 Å². The second-order valence-electron chi connectivity index (χ2n) is 4.36. The van der Waals surface area contributed by atoms with Gasteiger partial charge in [0.2, 0.25) is 0 Å². The first-order valence-electron chi connectivity index (χ1n) is 5.89. The Morgan fingerprint density at radius 3 is 2.75 bits per heavy atom. The summed E-state index contributed by atoms with van der Waals surface area (Å²) >= 11 is 5.76. The number of pyridine rings is 1. The zero-order valence-electron chi connectivity index (χ0n) is 10.8. The summed E-state index contributed by atoms with van der Waals surface area (Å²) in [6.07, 6.45) is 0. The molecule has 0 spiro atoms. The molecule has 0 radical (unpaired) electrons. The van der Waals surface area contributed by atoms with E-state index in [-0.39, 0.29) is 29.2 Å². The summed E-state index contributed by atoms with van der Waals surface area (Å²) in [6, 6.07) is 9.17. The predicted molar refractivity (Wildman–Crippen MR) is 75.9 cm³/mol. The van der Waals surface area contributed by atoms with Gasteiger partial charge >= 0.3 is 0 Å². The molecule has 1 aromatic carbocycles. The van der Waals surface area contributed by atoms with Gasteiger partial charge in [-0.25, -0.2) is 9.37 Å². The van der Waals surface area contributed by atoms with Gasteiger partial charge in [-0.2, -0.15) is 0 Å². The third-order valence-electron chi connectivity index (χ3n) is 2.77. The number of carbonyl (C=O) groups excluding carboxylic acids is 1. The number of hydrogen-bond acceptors (Lipinski definition) is 3. The average Bonchev–Trinajstić information content (AvgIpc) is 2.39. The second kappa shape index (κ2) is 5.88. The van der Waals surface area contributed by atoms with E-state index in [1.165, 1.54) is 23.1 Å². The van der Waals surface area contributed by atoms with E-state index in [1.54, 1.807) is 25.2 Å². The van der Waals surface area contributed by atoms with Gasteiger partial charge in [-0.05, 0) is 18.2 Å². The first-order chi connectivity index (χ1) is 9.47. The van der Waals surface area contributed by atoms with Crippen molar-refractivity contribution in [2.45, 2.75) is 6.54 Å². The highest BCUT2D eigenvalue weighted by Gasteiger charge is 2.15. The Labute approximate surface area is 121 Å². The van der Waals surface area contributed by atoms with Crippen LogP contribution in [0.2, 0.25) is 5.15 Å². The maximum atomic E-state index is 13.6. The molecular formula is C14H13ClFN3O. The van der Waals surface area contributed by atoms with Crippen molar-refractivity contribution in [3.8, 4) is 0 Å². The minimum Gasteiger partial charge on any atom is -0.384 e. The number of aromatic nitrogens is 1. The van der Waals surface area contributed by atoms with E-state index in [4.69, 9.17) is 17.3 Å². The number of carbonyl (C=O) groups is 1. The topological polar surface area (TPSA) is 59.2 Å². The molecule has 20 heavy (non-hydrogen) atoms. The molecule has 0 saturated heterocycles. The van der Waals surface area contributed by atoms with Crippen LogP contribution in [0.3, 0.4) is 0 Å². The van der Waals surface area contributed by atoms with Gasteiger partial charge in [-0.15, -0.1) is 0 Å². The summed E-state index contributed by atoms with van der Waals surface area (Å²) in [5, 5.41) is 0.146. The summed E-state index contributed by atoms with van der Waals surface area (Å²) < 4.78 is 13.6. The van der Waals surface area contributed by atoms with Gasteiger partial charge in [0, 0.05) is 24.7 Å². The molecule has 1 aromatic heterocycles. The van der Waals surface area contributed by atoms with Crippen LogP contribution in [0.25, 0.3) is 0 Å². The van der Waals surface area contributed by atoms with Gasteiger partial charge < -0.3 is 10.6 Å². The largest absolute Gasteiger partial charge is 0.384 e. The molecule has 104 valence electrons. The van der Waals surface area contributed by atoms with Crippen molar-refractivity contribution in [2.24, 2.45) is 0 Å². The number of nitrogens with zero attached hydrogens (tertiary/aromatic N) is 2. The Balaban J connectivity index is 2.18. The number of amides is 1. The fraction of sp³-hybridized carbons (Fsp3) is 0.143. The van der Waals surface area contributed by atoms with E-state index in [1.807, 2.05) is 0 Å². The number of benzene rings is 1. The molecule has 0 saturated carbocycles. The monoisotopic (exact) mass is 293 g/mol. The van der Waals surface area contributed by atoms with Gasteiger partial charge in [0.05, 0.1) is 0 Å². The number of rotatable bonds is 3. The van der Waals surface area contributed by atoms with Crippen molar-refractivity contribution in [3.05, 3.63) is 58.5 Å². The van der Waals surface area contributed by atoms with Gasteiger partial charge in [-0.1, -0.05) is 29.8 Å². The van der Waals surface area contributed by atoms with Crippen LogP contribution in [0.1, 0.15) is 15.9 Å². The van der Waals surface area contributed by atoms with E-state index in [2.05, 4.69) is 4.98 Å². The number of hydrogen-bond donors (Lipinski definition) is 1. The van der Waals surface area contributed by atoms with Crippen LogP contribution >= 0.6 is 11.6 Å². The second-order valence-corrected chi connectivity index (χ2v) is 4.74. The molecule has 2 N–H and O–H groups in total. The Morgan fingerprint density at radius 1 is 1.40 bits per heavy atom. The molecule has 6 heteroatoms. The summed E-state index contributed by atoms with van der Waals surface area (Å²) in [7, 11) is 1.58. The highest BCUT2D eigenvalue weighted by molar-refractivity contribution is 6.29. The quantitative estimate of drug-likeness (QED) is 0.885. The molecule has 2 aromatic rings. The minimum absolute atomic E-state index is 0.146. The van der Waals surface area contributed by atoms with Crippen LogP contribution in [0.15, 0.2) is 36.4 Å². The summed E-state index contributed by atoms with van der Waals surface area (Å²) in [5.74, 6) is -0.483. The van der Waals surface area contributed by atoms with E-state index in [9.17, 15) is 9.18 Å². The summed E-state index contributed by atoms with van der Waals surface area (Å²) in [6.45, 7) is 0.158. The van der Waals surface area contributed by atoms with Crippen LogP contribution in [0, 0.1) is 5.82 Å². The Hall–Kier alpha value is -2.14. The van der Waals surface area contributed by atoms with E-state index >= 15 is 0 Å². The number of nitrogens with two attached hydrogens (primary N) is 1. The molecule has 0 aliphatic rings. The Bertz CT molecular complexity index is 628. The van der Waals surface area contributed by atoms with Crippen molar-refractivity contribution in [3.63, 3.8) is 0 Å². The molecule has 0 atom stereocenters. The average molecular weight is 294 g/mol. The normalized spacial score (nSPS) is 10.3. The Morgan fingerprint density at radius 2 is 2.10 bits per heavy atom. The number of anilines is 1. The predicted octanol–water partition coefficient (Wildman–Crippen LogP) is 2.73. The fourth-order valence-corrected chi connectivity index (χ4v) is 2.03. The maximum Gasteiger partial charge on any atom is 0.254 e. The van der Waals surface area contributed by atoms with E-state index in [0.29, 0.717) is 11.1 Å². The van der Waals surface area contributed by atoms with Crippen LogP contribution < -0.4 is 5.73 Å². The molecule has 0 aliphatic heterocycles. The van der Waals surface area contributed by atoms with Gasteiger partial charge in [-0.3, -0.25) is 4.79 Å². The molecule has 1 amide bonds. The zero-order chi connectivity index (χ0) is 14.7. The lowest BCUT2D eigenvalue weighted by Gasteiger charge is -2.18. The molecule has 4 nitrogen and oxygen atoms in total. The van der Waals surface area contributed by atoms with Gasteiger partial charge in [0.1, 0.15) is 16.8 Å².